The molecule has 5 nitrogen and oxygen atoms in total. The van der Waals surface area contributed by atoms with E-state index >= 15 is 0 Å². The molecule has 1 unspecified atom stereocenters. The van der Waals surface area contributed by atoms with E-state index in [1.54, 1.807) is 12.1 Å². The third kappa shape index (κ3) is 4.56. The van der Waals surface area contributed by atoms with Gasteiger partial charge in [0.2, 0.25) is 0 Å². The minimum Gasteiger partial charge on any atom is -0.508 e. The number of aromatic hydroxyl groups is 2. The second kappa shape index (κ2) is 8.10. The first-order valence-electron chi connectivity index (χ1n) is 8.98. The fraction of sp³-hybridized carbons (Fsp3) is 0.400. The molecule has 2 N–H and O–H groups in total. The number of phenolic OH excluding ortho intramolecular Hbond substituents is 2. The molecule has 1 fully saturated rings. The topological polar surface area (TPSA) is 77.8 Å². The fourth-order valence-electron chi connectivity index (χ4n) is 3.46. The highest BCUT2D eigenvalue weighted by molar-refractivity contribution is 7.92. The number of nitrogens with zero attached hydrogens (tertiary/aromatic N) is 1. The molecule has 0 aliphatic carbocycles. The van der Waals surface area contributed by atoms with E-state index in [1.165, 1.54) is 24.3 Å². The van der Waals surface area contributed by atoms with Crippen LogP contribution in [-0.2, 0) is 16.3 Å². The molecule has 1 aliphatic heterocycles. The lowest BCUT2D eigenvalue weighted by atomic mass is 10.1. The second-order valence-corrected chi connectivity index (χ2v) is 9.11. The van der Waals surface area contributed by atoms with Gasteiger partial charge in [-0.25, -0.2) is 8.42 Å². The van der Waals surface area contributed by atoms with Crippen molar-refractivity contribution < 1.29 is 18.6 Å². The molecule has 0 saturated carbocycles. The van der Waals surface area contributed by atoms with E-state index in [9.17, 15) is 18.6 Å². The number of phenols is 2. The van der Waals surface area contributed by atoms with E-state index in [2.05, 4.69) is 4.90 Å². The van der Waals surface area contributed by atoms with Crippen molar-refractivity contribution in [2.75, 3.05) is 19.6 Å². The Hall–Kier alpha value is -2.05. The number of hydrogen-bond donors (Lipinski definition) is 2. The van der Waals surface area contributed by atoms with Crippen molar-refractivity contribution in [3.8, 4) is 11.5 Å². The molecule has 0 radical (unpaired) electrons. The summed E-state index contributed by atoms with van der Waals surface area (Å²) in [6.45, 7) is 2.25. The summed E-state index contributed by atoms with van der Waals surface area (Å²) in [5, 5.41) is 18.4. The zero-order valence-corrected chi connectivity index (χ0v) is 15.5. The van der Waals surface area contributed by atoms with Crippen LogP contribution in [0.4, 0.5) is 0 Å². The van der Waals surface area contributed by atoms with Crippen LogP contribution >= 0.6 is 0 Å². The molecule has 2 aromatic carbocycles. The Labute approximate surface area is 154 Å². The van der Waals surface area contributed by atoms with E-state index in [0.29, 0.717) is 18.7 Å². The zero-order valence-electron chi connectivity index (χ0n) is 14.7. The minimum atomic E-state index is -3.35. The molecular weight excluding hydrogens is 350 g/mol. The third-order valence-electron chi connectivity index (χ3n) is 4.93. The Balaban J connectivity index is 1.47. The highest BCUT2D eigenvalue weighted by atomic mass is 32.2. The summed E-state index contributed by atoms with van der Waals surface area (Å²) in [5.74, 6) is 0.369. The van der Waals surface area contributed by atoms with E-state index in [0.717, 1.165) is 37.9 Å². The zero-order chi connectivity index (χ0) is 18.6. The molecular formula is C20H25NO4S. The Kier molecular flexibility index (Phi) is 5.84. The van der Waals surface area contributed by atoms with Crippen molar-refractivity contribution in [1.29, 1.82) is 0 Å². The molecule has 1 saturated heterocycles. The monoisotopic (exact) mass is 375 g/mol. The maximum Gasteiger partial charge on any atom is 0.182 e. The third-order valence-corrected chi connectivity index (χ3v) is 7.13. The minimum absolute atomic E-state index is 0.0729. The summed E-state index contributed by atoms with van der Waals surface area (Å²) in [6, 6.07) is 13.1. The average molecular weight is 375 g/mol. The lowest BCUT2D eigenvalue weighted by molar-refractivity contribution is 0.330. The first-order chi connectivity index (χ1) is 12.4. The van der Waals surface area contributed by atoms with Gasteiger partial charge in [0.1, 0.15) is 11.5 Å². The van der Waals surface area contributed by atoms with Crippen LogP contribution in [0, 0.1) is 0 Å². The van der Waals surface area contributed by atoms with Gasteiger partial charge >= 0.3 is 0 Å². The average Bonchev–Trinajstić information content (AvgIpc) is 3.09. The molecule has 140 valence electrons. The predicted molar refractivity (Wildman–Crippen MR) is 101 cm³/mol. The van der Waals surface area contributed by atoms with Gasteiger partial charge in [-0.3, -0.25) is 0 Å². The second-order valence-electron chi connectivity index (χ2n) is 6.88. The smallest absolute Gasteiger partial charge is 0.182 e. The molecule has 3 rings (SSSR count). The van der Waals surface area contributed by atoms with Gasteiger partial charge in [0.15, 0.2) is 9.84 Å². The number of benzene rings is 2. The molecule has 26 heavy (non-hydrogen) atoms. The van der Waals surface area contributed by atoms with Gasteiger partial charge in [-0.05, 0) is 80.7 Å². The maximum absolute atomic E-state index is 12.7. The van der Waals surface area contributed by atoms with Gasteiger partial charge in [0.05, 0.1) is 10.1 Å². The van der Waals surface area contributed by atoms with Gasteiger partial charge in [-0.15, -0.1) is 0 Å². The first-order valence-corrected chi connectivity index (χ1v) is 10.5. The van der Waals surface area contributed by atoms with Gasteiger partial charge in [-0.2, -0.15) is 0 Å². The summed E-state index contributed by atoms with van der Waals surface area (Å²) in [4.78, 5) is 2.50. The van der Waals surface area contributed by atoms with Crippen LogP contribution < -0.4 is 0 Å². The van der Waals surface area contributed by atoms with Crippen molar-refractivity contribution in [3.05, 3.63) is 54.1 Å². The molecule has 0 bridgehead atoms. The summed E-state index contributed by atoms with van der Waals surface area (Å²) in [7, 11) is -3.35. The van der Waals surface area contributed by atoms with Crippen molar-refractivity contribution in [2.24, 2.45) is 0 Å². The van der Waals surface area contributed by atoms with Crippen LogP contribution in [0.15, 0.2) is 53.4 Å². The normalized spacial score (nSPS) is 18.2. The predicted octanol–water partition coefficient (Wildman–Crippen LogP) is 2.97. The van der Waals surface area contributed by atoms with Gasteiger partial charge in [0.25, 0.3) is 0 Å². The van der Waals surface area contributed by atoms with E-state index in [4.69, 9.17) is 0 Å². The number of unbranched alkanes of at least 4 members (excludes halogenated alkanes) is 1. The highest BCUT2D eigenvalue weighted by Crippen LogP contribution is 2.25. The molecule has 1 atom stereocenters. The number of rotatable bonds is 7. The quantitative estimate of drug-likeness (QED) is 0.728. The number of likely N-dealkylation sites (tertiary alicyclic amines) is 1. The summed E-state index contributed by atoms with van der Waals surface area (Å²) >= 11 is 0. The number of sulfone groups is 1. The molecule has 0 aromatic heterocycles. The van der Waals surface area contributed by atoms with Crippen molar-refractivity contribution in [3.63, 3.8) is 0 Å². The van der Waals surface area contributed by atoms with Crippen LogP contribution in [-0.4, -0.2) is 48.4 Å². The van der Waals surface area contributed by atoms with Gasteiger partial charge < -0.3 is 15.1 Å². The van der Waals surface area contributed by atoms with Crippen LogP contribution in [0.1, 0.15) is 24.8 Å². The van der Waals surface area contributed by atoms with Crippen LogP contribution in [0.5, 0.6) is 11.5 Å². The SMILES string of the molecule is O=S(=O)(c1ccc(O)cc1)C1CCN(CCCCc2cccc(O)c2)C1. The van der Waals surface area contributed by atoms with E-state index < -0.39 is 9.84 Å². The van der Waals surface area contributed by atoms with Crippen molar-refractivity contribution in [1.82, 2.24) is 4.90 Å². The summed E-state index contributed by atoms with van der Waals surface area (Å²) in [6.07, 6.45) is 3.57. The molecule has 2 aromatic rings. The Bertz CT molecular complexity index is 833. The molecule has 6 heteroatoms. The highest BCUT2D eigenvalue weighted by Gasteiger charge is 2.33. The largest absolute Gasteiger partial charge is 0.508 e. The maximum atomic E-state index is 12.7. The summed E-state index contributed by atoms with van der Waals surface area (Å²) in [5.41, 5.74) is 1.12. The van der Waals surface area contributed by atoms with Crippen LogP contribution in [0.3, 0.4) is 0 Å². The molecule has 0 amide bonds. The standard InChI is InChI=1S/C20H25NO4S/c22-17-7-9-19(10-8-17)26(24,25)20-11-13-21(15-20)12-2-1-4-16-5-3-6-18(23)14-16/h3,5-10,14,20,22-23H,1-2,4,11-13,15H2. The Morgan fingerprint density at radius 3 is 2.50 bits per heavy atom. The number of aryl methyl sites for hydroxylation is 1. The number of hydrogen-bond acceptors (Lipinski definition) is 5. The van der Waals surface area contributed by atoms with Crippen molar-refractivity contribution in [2.45, 2.75) is 35.8 Å². The molecule has 1 heterocycles. The van der Waals surface area contributed by atoms with E-state index in [1.807, 2.05) is 12.1 Å². The van der Waals surface area contributed by atoms with Crippen molar-refractivity contribution >= 4 is 9.84 Å². The summed E-state index contributed by atoms with van der Waals surface area (Å²) < 4.78 is 25.4. The van der Waals surface area contributed by atoms with Gasteiger partial charge in [-0.1, -0.05) is 12.1 Å². The molecule has 0 spiro atoms. The first kappa shape index (κ1) is 18.7. The van der Waals surface area contributed by atoms with Crippen LogP contribution in [0.25, 0.3) is 0 Å². The van der Waals surface area contributed by atoms with Gasteiger partial charge in [0, 0.05) is 6.54 Å². The lowest BCUT2D eigenvalue weighted by Crippen LogP contribution is -2.27. The Morgan fingerprint density at radius 2 is 1.77 bits per heavy atom. The fourth-order valence-corrected chi connectivity index (χ4v) is 5.18. The Morgan fingerprint density at radius 1 is 1.00 bits per heavy atom. The van der Waals surface area contributed by atoms with E-state index in [-0.39, 0.29) is 15.9 Å². The van der Waals surface area contributed by atoms with Crippen LogP contribution in [0.2, 0.25) is 0 Å². The molecule has 1 aliphatic rings. The lowest BCUT2D eigenvalue weighted by Gasteiger charge is -2.16.